The first-order valence-corrected chi connectivity index (χ1v) is 10.1. The molecule has 0 radical (unpaired) electrons. The summed E-state index contributed by atoms with van der Waals surface area (Å²) >= 11 is 3.50. The maximum absolute atomic E-state index is 12.6. The Kier molecular flexibility index (Phi) is 5.62. The number of benzene rings is 2. The van der Waals surface area contributed by atoms with Crippen molar-refractivity contribution in [1.82, 2.24) is 4.98 Å². The first kappa shape index (κ1) is 19.2. The summed E-state index contributed by atoms with van der Waals surface area (Å²) in [6.07, 6.45) is 2.68. The van der Waals surface area contributed by atoms with E-state index in [9.17, 15) is 4.79 Å². The smallest absolute Gasteiger partial charge is 0.291 e. The molecule has 0 saturated heterocycles. The van der Waals surface area contributed by atoms with Crippen molar-refractivity contribution in [2.75, 3.05) is 5.32 Å². The molecule has 1 amide bonds. The van der Waals surface area contributed by atoms with Gasteiger partial charge in [-0.3, -0.25) is 9.78 Å². The number of carbonyl (C=O) groups is 1. The second-order valence-electron chi connectivity index (χ2n) is 6.50. The molecule has 2 heterocycles. The van der Waals surface area contributed by atoms with E-state index < -0.39 is 0 Å². The van der Waals surface area contributed by atoms with Gasteiger partial charge in [-0.25, -0.2) is 0 Å². The van der Waals surface area contributed by atoms with Gasteiger partial charge in [-0.1, -0.05) is 41.1 Å². The maximum Gasteiger partial charge on any atom is 0.291 e. The van der Waals surface area contributed by atoms with E-state index in [4.69, 9.17) is 9.15 Å². The fraction of sp³-hybridized carbons (Fsp3) is 0.130. The van der Waals surface area contributed by atoms with E-state index in [0.29, 0.717) is 17.0 Å². The highest BCUT2D eigenvalue weighted by Gasteiger charge is 2.14. The summed E-state index contributed by atoms with van der Waals surface area (Å²) in [7, 11) is 0. The zero-order valence-corrected chi connectivity index (χ0v) is 17.4. The highest BCUT2D eigenvalue weighted by Crippen LogP contribution is 2.28. The Morgan fingerprint density at radius 2 is 1.93 bits per heavy atom. The van der Waals surface area contributed by atoms with Crippen molar-refractivity contribution in [3.05, 3.63) is 88.4 Å². The maximum atomic E-state index is 12.6. The molecule has 0 unspecified atom stereocenters. The van der Waals surface area contributed by atoms with Crippen LogP contribution in [0.1, 0.15) is 28.8 Å². The Morgan fingerprint density at radius 1 is 1.10 bits per heavy atom. The van der Waals surface area contributed by atoms with Crippen molar-refractivity contribution in [3.8, 4) is 5.75 Å². The number of amides is 1. The molecule has 29 heavy (non-hydrogen) atoms. The van der Waals surface area contributed by atoms with E-state index in [0.717, 1.165) is 22.0 Å². The van der Waals surface area contributed by atoms with Crippen LogP contribution in [-0.2, 0) is 13.0 Å². The molecule has 146 valence electrons. The fourth-order valence-corrected chi connectivity index (χ4v) is 3.43. The second-order valence-corrected chi connectivity index (χ2v) is 7.36. The molecular weight excluding hydrogens is 432 g/mol. The first-order chi connectivity index (χ1) is 14.1. The van der Waals surface area contributed by atoms with Crippen molar-refractivity contribution < 1.29 is 13.9 Å². The lowest BCUT2D eigenvalue weighted by Gasteiger charge is -2.08. The summed E-state index contributed by atoms with van der Waals surface area (Å²) in [5.74, 6) is 1.22. The van der Waals surface area contributed by atoms with Gasteiger partial charge < -0.3 is 14.5 Å². The molecule has 5 nitrogen and oxygen atoms in total. The number of furan rings is 1. The number of anilines is 1. The Labute approximate surface area is 176 Å². The third kappa shape index (κ3) is 4.32. The van der Waals surface area contributed by atoms with Gasteiger partial charge in [0.1, 0.15) is 18.1 Å². The first-order valence-electron chi connectivity index (χ1n) is 9.29. The fourth-order valence-electron chi connectivity index (χ4n) is 2.98. The van der Waals surface area contributed by atoms with Gasteiger partial charge in [-0.2, -0.15) is 0 Å². The highest BCUT2D eigenvalue weighted by atomic mass is 79.9. The zero-order chi connectivity index (χ0) is 20.2. The van der Waals surface area contributed by atoms with Crippen molar-refractivity contribution in [1.29, 1.82) is 0 Å². The number of carbonyl (C=O) groups excluding carboxylic acids is 1. The summed E-state index contributed by atoms with van der Waals surface area (Å²) in [4.78, 5) is 17.0. The van der Waals surface area contributed by atoms with Gasteiger partial charge in [-0.05, 0) is 54.4 Å². The van der Waals surface area contributed by atoms with Gasteiger partial charge in [0.2, 0.25) is 0 Å². The van der Waals surface area contributed by atoms with Crippen LogP contribution in [0.15, 0.2) is 75.8 Å². The predicted molar refractivity (Wildman–Crippen MR) is 116 cm³/mol. The summed E-state index contributed by atoms with van der Waals surface area (Å²) in [6, 6.07) is 18.8. The van der Waals surface area contributed by atoms with Gasteiger partial charge in [-0.15, -0.1) is 0 Å². The van der Waals surface area contributed by atoms with Gasteiger partial charge >= 0.3 is 0 Å². The molecule has 4 aromatic rings. The summed E-state index contributed by atoms with van der Waals surface area (Å²) in [5, 5.41) is 3.80. The number of hydrogen-bond acceptors (Lipinski definition) is 4. The predicted octanol–water partition coefficient (Wildman–Crippen LogP) is 5.98. The largest absolute Gasteiger partial charge is 0.486 e. The Balaban J connectivity index is 1.44. The number of fused-ring (bicyclic) bond motifs is 1. The number of halogens is 1. The van der Waals surface area contributed by atoms with Crippen LogP contribution in [0.2, 0.25) is 0 Å². The van der Waals surface area contributed by atoms with E-state index in [1.165, 1.54) is 5.56 Å². The average Bonchev–Trinajstić information content (AvgIpc) is 3.24. The number of rotatable bonds is 6. The molecule has 0 bridgehead atoms. The summed E-state index contributed by atoms with van der Waals surface area (Å²) in [6.45, 7) is 2.36. The van der Waals surface area contributed by atoms with Crippen LogP contribution >= 0.6 is 15.9 Å². The minimum atomic E-state index is -0.335. The van der Waals surface area contributed by atoms with Gasteiger partial charge in [0.25, 0.3) is 5.91 Å². The molecule has 2 aromatic carbocycles. The molecule has 0 atom stereocenters. The van der Waals surface area contributed by atoms with E-state index in [1.54, 1.807) is 18.3 Å². The highest BCUT2D eigenvalue weighted by molar-refractivity contribution is 9.10. The standard InChI is InChI=1S/C23H19BrN2O3/c1-2-15-5-7-16(8-6-15)28-14-17-9-12-21(29-17)23(27)26-20-11-10-19(24)18-4-3-13-25-22(18)20/h3-13H,2,14H2,1H3,(H,26,27). The SMILES string of the molecule is CCc1ccc(OCc2ccc(C(=O)Nc3ccc(Br)c4cccnc34)o2)cc1. The van der Waals surface area contributed by atoms with Crippen LogP contribution in [0.4, 0.5) is 5.69 Å². The van der Waals surface area contributed by atoms with Gasteiger partial charge in [0.05, 0.1) is 11.2 Å². The Morgan fingerprint density at radius 3 is 2.72 bits per heavy atom. The number of nitrogens with one attached hydrogen (secondary N) is 1. The van der Waals surface area contributed by atoms with Crippen molar-refractivity contribution in [2.24, 2.45) is 0 Å². The summed E-state index contributed by atoms with van der Waals surface area (Å²) in [5.41, 5.74) is 2.59. The number of nitrogens with zero attached hydrogens (tertiary/aromatic N) is 1. The summed E-state index contributed by atoms with van der Waals surface area (Å²) < 4.78 is 12.3. The number of aryl methyl sites for hydroxylation is 1. The lowest BCUT2D eigenvalue weighted by atomic mass is 10.2. The molecule has 0 fully saturated rings. The normalized spacial score (nSPS) is 10.8. The van der Waals surface area contributed by atoms with Crippen LogP contribution in [0, 0.1) is 0 Å². The van der Waals surface area contributed by atoms with E-state index in [1.807, 2.05) is 48.5 Å². The van der Waals surface area contributed by atoms with Crippen molar-refractivity contribution >= 4 is 38.4 Å². The van der Waals surface area contributed by atoms with Crippen LogP contribution in [-0.4, -0.2) is 10.9 Å². The van der Waals surface area contributed by atoms with Crippen LogP contribution in [0.25, 0.3) is 10.9 Å². The lowest BCUT2D eigenvalue weighted by Crippen LogP contribution is -2.11. The third-order valence-corrected chi connectivity index (χ3v) is 5.25. The molecule has 6 heteroatoms. The van der Waals surface area contributed by atoms with Crippen LogP contribution in [0.3, 0.4) is 0 Å². The Bertz CT molecular complexity index is 1150. The molecule has 2 aromatic heterocycles. The van der Waals surface area contributed by atoms with E-state index in [-0.39, 0.29) is 18.3 Å². The molecule has 0 saturated carbocycles. The van der Waals surface area contributed by atoms with Crippen molar-refractivity contribution in [2.45, 2.75) is 20.0 Å². The van der Waals surface area contributed by atoms with Crippen molar-refractivity contribution in [3.63, 3.8) is 0 Å². The number of pyridine rings is 1. The third-order valence-electron chi connectivity index (χ3n) is 4.56. The number of aromatic nitrogens is 1. The van der Waals surface area contributed by atoms with Gasteiger partial charge in [0.15, 0.2) is 5.76 Å². The molecule has 0 aliphatic rings. The minimum absolute atomic E-state index is 0.219. The topological polar surface area (TPSA) is 64.4 Å². The van der Waals surface area contributed by atoms with E-state index >= 15 is 0 Å². The van der Waals surface area contributed by atoms with Crippen LogP contribution in [0.5, 0.6) is 5.75 Å². The molecular formula is C23H19BrN2O3. The molecule has 0 aliphatic carbocycles. The second kappa shape index (κ2) is 8.49. The number of ether oxygens (including phenoxy) is 1. The quantitative estimate of drug-likeness (QED) is 0.392. The lowest BCUT2D eigenvalue weighted by molar-refractivity contribution is 0.0992. The molecule has 1 N–H and O–H groups in total. The zero-order valence-electron chi connectivity index (χ0n) is 15.8. The minimum Gasteiger partial charge on any atom is -0.486 e. The molecule has 0 aliphatic heterocycles. The number of hydrogen-bond donors (Lipinski definition) is 1. The monoisotopic (exact) mass is 450 g/mol. The van der Waals surface area contributed by atoms with Gasteiger partial charge in [0, 0.05) is 16.1 Å². The molecule has 0 spiro atoms. The average molecular weight is 451 g/mol. The Hall–Kier alpha value is -3.12. The molecule has 4 rings (SSSR count). The van der Waals surface area contributed by atoms with E-state index in [2.05, 4.69) is 33.2 Å². The van der Waals surface area contributed by atoms with Crippen LogP contribution < -0.4 is 10.1 Å².